The van der Waals surface area contributed by atoms with E-state index in [2.05, 4.69) is 24.9 Å². The van der Waals surface area contributed by atoms with E-state index in [0.717, 1.165) is 34.2 Å². The second-order valence-electron chi connectivity index (χ2n) is 5.91. The summed E-state index contributed by atoms with van der Waals surface area (Å²) in [5.74, 6) is 1.23. The normalized spacial score (nSPS) is 11.1. The van der Waals surface area contributed by atoms with Crippen LogP contribution in [0.25, 0.3) is 22.2 Å². The SMILES string of the molecule is CCOc1ccc(-c2[nH]c3c(C(C)C)cccc3c2C=O)cc1. The van der Waals surface area contributed by atoms with Crippen LogP contribution in [0.5, 0.6) is 5.75 Å². The Morgan fingerprint density at radius 1 is 1.13 bits per heavy atom. The third-order valence-corrected chi connectivity index (χ3v) is 4.10. The number of nitrogens with one attached hydrogen (secondary N) is 1. The van der Waals surface area contributed by atoms with E-state index in [1.54, 1.807) is 0 Å². The Morgan fingerprint density at radius 2 is 1.87 bits per heavy atom. The van der Waals surface area contributed by atoms with Crippen molar-refractivity contribution in [1.29, 1.82) is 0 Å². The highest BCUT2D eigenvalue weighted by Crippen LogP contribution is 2.33. The average Bonchev–Trinajstić information content (AvgIpc) is 2.94. The maximum Gasteiger partial charge on any atom is 0.152 e. The van der Waals surface area contributed by atoms with Gasteiger partial charge in [-0.3, -0.25) is 4.79 Å². The number of carbonyl (C=O) groups excluding carboxylic acids is 1. The van der Waals surface area contributed by atoms with Gasteiger partial charge in [0.1, 0.15) is 5.75 Å². The van der Waals surface area contributed by atoms with E-state index < -0.39 is 0 Å². The summed E-state index contributed by atoms with van der Waals surface area (Å²) in [6.07, 6.45) is 0.939. The van der Waals surface area contributed by atoms with Crippen molar-refractivity contribution in [2.24, 2.45) is 0 Å². The first kappa shape index (κ1) is 15.3. The molecule has 3 aromatic rings. The highest BCUT2D eigenvalue weighted by atomic mass is 16.5. The monoisotopic (exact) mass is 307 g/mol. The van der Waals surface area contributed by atoms with Gasteiger partial charge in [-0.05, 0) is 48.2 Å². The molecule has 1 aromatic heterocycles. The quantitative estimate of drug-likeness (QED) is 0.661. The smallest absolute Gasteiger partial charge is 0.152 e. The van der Waals surface area contributed by atoms with Crippen LogP contribution in [-0.2, 0) is 0 Å². The Bertz CT molecular complexity index is 829. The number of H-pyrrole nitrogens is 1. The first-order chi connectivity index (χ1) is 11.2. The summed E-state index contributed by atoms with van der Waals surface area (Å²) in [6, 6.07) is 14.0. The molecule has 0 atom stereocenters. The number of fused-ring (bicyclic) bond motifs is 1. The van der Waals surface area contributed by atoms with Crippen molar-refractivity contribution >= 4 is 17.2 Å². The largest absolute Gasteiger partial charge is 0.494 e. The van der Waals surface area contributed by atoms with Gasteiger partial charge in [0, 0.05) is 10.9 Å². The molecule has 118 valence electrons. The molecule has 0 radical (unpaired) electrons. The van der Waals surface area contributed by atoms with Crippen molar-refractivity contribution in [1.82, 2.24) is 4.98 Å². The highest BCUT2D eigenvalue weighted by Gasteiger charge is 2.16. The molecule has 3 rings (SSSR count). The maximum absolute atomic E-state index is 11.7. The minimum Gasteiger partial charge on any atom is -0.494 e. The van der Waals surface area contributed by atoms with Gasteiger partial charge in [-0.15, -0.1) is 0 Å². The molecule has 1 heterocycles. The molecule has 1 N–H and O–H groups in total. The van der Waals surface area contributed by atoms with Gasteiger partial charge in [-0.2, -0.15) is 0 Å². The lowest BCUT2D eigenvalue weighted by atomic mass is 9.99. The van der Waals surface area contributed by atoms with Crippen molar-refractivity contribution in [3.05, 3.63) is 53.6 Å². The van der Waals surface area contributed by atoms with Gasteiger partial charge in [0.05, 0.1) is 17.8 Å². The molecule has 0 fully saturated rings. The molecule has 3 heteroatoms. The van der Waals surface area contributed by atoms with Crippen molar-refractivity contribution in [2.45, 2.75) is 26.7 Å². The van der Waals surface area contributed by atoms with E-state index >= 15 is 0 Å². The number of aromatic amines is 1. The fourth-order valence-corrected chi connectivity index (χ4v) is 2.98. The molecule has 0 aliphatic carbocycles. The van der Waals surface area contributed by atoms with Crippen LogP contribution < -0.4 is 4.74 Å². The Balaban J connectivity index is 2.17. The summed E-state index contributed by atoms with van der Waals surface area (Å²) < 4.78 is 5.48. The first-order valence-electron chi connectivity index (χ1n) is 7.98. The number of rotatable bonds is 5. The second kappa shape index (κ2) is 6.29. The summed E-state index contributed by atoms with van der Waals surface area (Å²) in [4.78, 5) is 15.1. The van der Waals surface area contributed by atoms with Crippen LogP contribution >= 0.6 is 0 Å². The number of benzene rings is 2. The number of para-hydroxylation sites is 1. The molecule has 0 saturated heterocycles. The lowest BCUT2D eigenvalue weighted by Gasteiger charge is -2.06. The van der Waals surface area contributed by atoms with Crippen LogP contribution in [0.3, 0.4) is 0 Å². The zero-order chi connectivity index (χ0) is 16.4. The van der Waals surface area contributed by atoms with Gasteiger partial charge < -0.3 is 9.72 Å². The van der Waals surface area contributed by atoms with Gasteiger partial charge in [0.25, 0.3) is 0 Å². The Labute approximate surface area is 136 Å². The lowest BCUT2D eigenvalue weighted by Crippen LogP contribution is -1.91. The molecule has 0 aliphatic rings. The van der Waals surface area contributed by atoms with E-state index in [1.165, 1.54) is 5.56 Å². The van der Waals surface area contributed by atoms with Gasteiger partial charge in [0.15, 0.2) is 6.29 Å². The van der Waals surface area contributed by atoms with E-state index in [4.69, 9.17) is 4.74 Å². The molecule has 0 bridgehead atoms. The first-order valence-corrected chi connectivity index (χ1v) is 7.98. The predicted octanol–water partition coefficient (Wildman–Crippen LogP) is 5.17. The number of aromatic nitrogens is 1. The Morgan fingerprint density at radius 3 is 2.48 bits per heavy atom. The number of ether oxygens (including phenoxy) is 1. The zero-order valence-electron chi connectivity index (χ0n) is 13.7. The van der Waals surface area contributed by atoms with Gasteiger partial charge in [-0.25, -0.2) is 0 Å². The average molecular weight is 307 g/mol. The van der Waals surface area contributed by atoms with Crippen molar-refractivity contribution < 1.29 is 9.53 Å². The topological polar surface area (TPSA) is 42.1 Å². The van der Waals surface area contributed by atoms with Crippen molar-refractivity contribution in [3.8, 4) is 17.0 Å². The van der Waals surface area contributed by atoms with Crippen LogP contribution in [0.4, 0.5) is 0 Å². The van der Waals surface area contributed by atoms with Crippen LogP contribution in [0.2, 0.25) is 0 Å². The molecule has 0 unspecified atom stereocenters. The fourth-order valence-electron chi connectivity index (χ4n) is 2.98. The molecule has 0 amide bonds. The number of hydrogen-bond donors (Lipinski definition) is 1. The maximum atomic E-state index is 11.7. The summed E-state index contributed by atoms with van der Waals surface area (Å²) in [5.41, 5.74) is 4.84. The zero-order valence-corrected chi connectivity index (χ0v) is 13.7. The van der Waals surface area contributed by atoms with Gasteiger partial charge in [0.2, 0.25) is 0 Å². The number of carbonyl (C=O) groups is 1. The van der Waals surface area contributed by atoms with E-state index in [0.29, 0.717) is 18.1 Å². The molecule has 23 heavy (non-hydrogen) atoms. The Kier molecular flexibility index (Phi) is 4.20. The lowest BCUT2D eigenvalue weighted by molar-refractivity contribution is 0.112. The van der Waals surface area contributed by atoms with Crippen molar-refractivity contribution in [3.63, 3.8) is 0 Å². The number of aldehydes is 1. The second-order valence-corrected chi connectivity index (χ2v) is 5.91. The van der Waals surface area contributed by atoms with E-state index in [9.17, 15) is 4.79 Å². The van der Waals surface area contributed by atoms with Crippen LogP contribution in [0.15, 0.2) is 42.5 Å². The minimum atomic E-state index is 0.394. The molecule has 0 saturated carbocycles. The standard InChI is InChI=1S/C20H21NO2/c1-4-23-15-10-8-14(9-11-15)19-18(12-22)17-7-5-6-16(13(2)3)20(17)21-19/h5-13,21H,4H2,1-3H3. The minimum absolute atomic E-state index is 0.394. The van der Waals surface area contributed by atoms with E-state index in [-0.39, 0.29) is 0 Å². The van der Waals surface area contributed by atoms with Gasteiger partial charge in [-0.1, -0.05) is 32.0 Å². The Hall–Kier alpha value is -2.55. The van der Waals surface area contributed by atoms with E-state index in [1.807, 2.05) is 43.3 Å². The molecular formula is C20H21NO2. The highest BCUT2D eigenvalue weighted by molar-refractivity contribution is 6.05. The summed E-state index contributed by atoms with van der Waals surface area (Å²) in [5, 5.41) is 0.982. The van der Waals surface area contributed by atoms with Crippen molar-refractivity contribution in [2.75, 3.05) is 6.61 Å². The number of hydrogen-bond acceptors (Lipinski definition) is 2. The predicted molar refractivity (Wildman–Crippen MR) is 94.4 cm³/mol. The van der Waals surface area contributed by atoms with Crippen LogP contribution in [0.1, 0.15) is 42.6 Å². The summed E-state index contributed by atoms with van der Waals surface area (Å²) in [7, 11) is 0. The molecule has 0 aliphatic heterocycles. The molecule has 0 spiro atoms. The van der Waals surface area contributed by atoms with Crippen LogP contribution in [0, 0.1) is 0 Å². The van der Waals surface area contributed by atoms with Gasteiger partial charge >= 0.3 is 0 Å². The fraction of sp³-hybridized carbons (Fsp3) is 0.250. The third kappa shape index (κ3) is 2.74. The summed E-state index contributed by atoms with van der Waals surface area (Å²) in [6.45, 7) is 6.92. The third-order valence-electron chi connectivity index (χ3n) is 4.10. The molecular weight excluding hydrogens is 286 g/mol. The molecule has 3 nitrogen and oxygen atoms in total. The summed E-state index contributed by atoms with van der Waals surface area (Å²) >= 11 is 0. The van der Waals surface area contributed by atoms with Crippen LogP contribution in [-0.4, -0.2) is 17.9 Å². The molecule has 2 aromatic carbocycles.